The van der Waals surface area contributed by atoms with Gasteiger partial charge in [0.15, 0.2) is 0 Å². The van der Waals surface area contributed by atoms with E-state index in [0.29, 0.717) is 22.6 Å². The largest absolute Gasteiger partial charge is 0.343 e. The average molecular weight is 453 g/mol. The lowest BCUT2D eigenvalue weighted by Crippen LogP contribution is -2.29. The third kappa shape index (κ3) is 4.16. The number of nitrogens with one attached hydrogen (secondary N) is 1. The van der Waals surface area contributed by atoms with E-state index in [-0.39, 0.29) is 17.9 Å². The number of fused-ring (bicyclic) bond motifs is 1. The van der Waals surface area contributed by atoms with Crippen molar-refractivity contribution >= 4 is 34.0 Å². The third-order valence-corrected chi connectivity index (χ3v) is 5.86. The molecule has 2 aromatic carbocycles. The summed E-state index contributed by atoms with van der Waals surface area (Å²) in [6.07, 6.45) is 1.60. The number of aromatic nitrogens is 3. The van der Waals surface area contributed by atoms with Gasteiger partial charge in [-0.2, -0.15) is 5.10 Å². The molecular weight excluding hydrogens is 431 g/mol. The summed E-state index contributed by atoms with van der Waals surface area (Å²) in [5.74, 6) is -0.693. The number of benzene rings is 2. The normalized spacial score (nSPS) is 11.2. The molecule has 0 unspecified atom stereocenters. The summed E-state index contributed by atoms with van der Waals surface area (Å²) in [5.41, 5.74) is 3.69. The van der Waals surface area contributed by atoms with Crippen LogP contribution in [0, 0.1) is 26.6 Å². The molecule has 0 radical (unpaired) electrons. The molecule has 1 N–H and O–H groups in total. The van der Waals surface area contributed by atoms with E-state index in [9.17, 15) is 14.0 Å². The minimum atomic E-state index is -0.398. The Morgan fingerprint density at radius 3 is 2.50 bits per heavy atom. The van der Waals surface area contributed by atoms with Gasteiger partial charge in [-0.15, -0.1) is 0 Å². The minimum absolute atomic E-state index is 0.236. The van der Waals surface area contributed by atoms with Gasteiger partial charge in [0.25, 0.3) is 5.56 Å². The summed E-state index contributed by atoms with van der Waals surface area (Å²) < 4.78 is 16.4. The van der Waals surface area contributed by atoms with Crippen molar-refractivity contribution < 1.29 is 9.18 Å². The Bertz CT molecular complexity index is 1390. The van der Waals surface area contributed by atoms with Gasteiger partial charge < -0.3 is 9.88 Å². The van der Waals surface area contributed by atoms with E-state index in [1.54, 1.807) is 30.5 Å². The third-order valence-electron chi connectivity index (χ3n) is 5.55. The first-order valence-electron chi connectivity index (χ1n) is 10.1. The van der Waals surface area contributed by atoms with Crippen molar-refractivity contribution in [3.63, 3.8) is 0 Å². The Morgan fingerprint density at radius 1 is 1.09 bits per heavy atom. The highest BCUT2D eigenvalue weighted by Crippen LogP contribution is 2.24. The fourth-order valence-corrected chi connectivity index (χ4v) is 4.10. The van der Waals surface area contributed by atoms with E-state index in [4.69, 9.17) is 11.6 Å². The van der Waals surface area contributed by atoms with Crippen molar-refractivity contribution in [3.05, 3.63) is 92.4 Å². The SMILES string of the molecule is Cc1ccc(NC(=O)Cn2ncc3c(C)n(Cc4ccc(F)cc4)c(C)c3c2=O)c(Cl)c1. The van der Waals surface area contributed by atoms with Crippen LogP contribution in [0.1, 0.15) is 22.5 Å². The van der Waals surface area contributed by atoms with E-state index < -0.39 is 5.91 Å². The number of carbonyl (C=O) groups is 1. The molecule has 0 atom stereocenters. The molecule has 1 amide bonds. The van der Waals surface area contributed by atoms with Crippen LogP contribution in [-0.4, -0.2) is 20.3 Å². The number of amides is 1. The van der Waals surface area contributed by atoms with E-state index in [0.717, 1.165) is 32.6 Å². The van der Waals surface area contributed by atoms with E-state index in [1.165, 1.54) is 12.1 Å². The predicted molar refractivity (Wildman–Crippen MR) is 124 cm³/mol. The summed E-state index contributed by atoms with van der Waals surface area (Å²) >= 11 is 6.18. The van der Waals surface area contributed by atoms with Crippen LogP contribution in [0.2, 0.25) is 5.02 Å². The average Bonchev–Trinajstić information content (AvgIpc) is 2.99. The zero-order chi connectivity index (χ0) is 23.0. The van der Waals surface area contributed by atoms with Gasteiger partial charge >= 0.3 is 0 Å². The Kier molecular flexibility index (Phi) is 5.84. The molecule has 0 aliphatic carbocycles. The van der Waals surface area contributed by atoms with E-state index in [2.05, 4.69) is 10.4 Å². The lowest BCUT2D eigenvalue weighted by atomic mass is 10.2. The van der Waals surface area contributed by atoms with Crippen LogP contribution >= 0.6 is 11.6 Å². The molecule has 0 aliphatic heterocycles. The molecule has 2 aromatic heterocycles. The van der Waals surface area contributed by atoms with E-state index in [1.807, 2.05) is 31.4 Å². The minimum Gasteiger partial charge on any atom is -0.343 e. The van der Waals surface area contributed by atoms with Crippen molar-refractivity contribution in [1.29, 1.82) is 0 Å². The van der Waals surface area contributed by atoms with E-state index >= 15 is 0 Å². The van der Waals surface area contributed by atoms with Crippen molar-refractivity contribution in [2.75, 3.05) is 5.32 Å². The quantitative estimate of drug-likeness (QED) is 0.481. The van der Waals surface area contributed by atoms with Crippen molar-refractivity contribution in [2.45, 2.75) is 33.9 Å². The molecule has 0 saturated carbocycles. The van der Waals surface area contributed by atoms with Crippen LogP contribution in [0.5, 0.6) is 0 Å². The van der Waals surface area contributed by atoms with Crippen LogP contribution < -0.4 is 10.9 Å². The van der Waals surface area contributed by atoms with Crippen LogP contribution in [-0.2, 0) is 17.9 Å². The van der Waals surface area contributed by atoms with Gasteiger partial charge in [0.05, 0.1) is 22.3 Å². The zero-order valence-corrected chi connectivity index (χ0v) is 18.7. The Balaban J connectivity index is 1.63. The van der Waals surface area contributed by atoms with Gasteiger partial charge in [0, 0.05) is 23.3 Å². The lowest BCUT2D eigenvalue weighted by Gasteiger charge is -2.09. The number of hydrogen-bond acceptors (Lipinski definition) is 3. The molecule has 6 nitrogen and oxygen atoms in total. The Hall–Kier alpha value is -3.45. The van der Waals surface area contributed by atoms with Gasteiger partial charge in [-0.3, -0.25) is 9.59 Å². The van der Waals surface area contributed by atoms with Crippen LogP contribution in [0.15, 0.2) is 53.5 Å². The Labute approximate surface area is 189 Å². The molecule has 32 heavy (non-hydrogen) atoms. The summed E-state index contributed by atoms with van der Waals surface area (Å²) in [7, 11) is 0. The van der Waals surface area contributed by atoms with Gasteiger partial charge in [-0.1, -0.05) is 29.8 Å². The maximum Gasteiger partial charge on any atom is 0.276 e. The standard InChI is InChI=1S/C24H22ClFN4O2/c1-14-4-9-21(20(25)10-14)28-22(31)13-30-24(32)23-16(3)29(15(2)19(23)11-27-30)12-17-5-7-18(26)8-6-17/h4-11H,12-13H2,1-3H3,(H,28,31). The molecule has 164 valence electrons. The van der Waals surface area contributed by atoms with Crippen molar-refractivity contribution in [1.82, 2.24) is 14.3 Å². The second-order valence-electron chi connectivity index (χ2n) is 7.81. The monoisotopic (exact) mass is 452 g/mol. The number of hydrogen-bond donors (Lipinski definition) is 1. The van der Waals surface area contributed by atoms with Gasteiger partial charge in [-0.05, 0) is 56.2 Å². The summed E-state index contributed by atoms with van der Waals surface area (Å²) in [4.78, 5) is 25.7. The van der Waals surface area contributed by atoms with Crippen LogP contribution in [0.3, 0.4) is 0 Å². The second kappa shape index (κ2) is 8.59. The predicted octanol–water partition coefficient (Wildman–Crippen LogP) is 4.60. The molecule has 2 heterocycles. The maximum atomic E-state index is 13.2. The summed E-state index contributed by atoms with van der Waals surface area (Å²) in [6.45, 7) is 5.94. The highest BCUT2D eigenvalue weighted by atomic mass is 35.5. The second-order valence-corrected chi connectivity index (χ2v) is 8.22. The highest BCUT2D eigenvalue weighted by molar-refractivity contribution is 6.33. The van der Waals surface area contributed by atoms with Crippen LogP contribution in [0.4, 0.5) is 10.1 Å². The first kappa shape index (κ1) is 21.8. The Morgan fingerprint density at radius 2 is 1.81 bits per heavy atom. The highest BCUT2D eigenvalue weighted by Gasteiger charge is 2.18. The summed E-state index contributed by atoms with van der Waals surface area (Å²) in [5, 5.41) is 8.60. The first-order valence-corrected chi connectivity index (χ1v) is 10.5. The number of nitrogens with zero attached hydrogens (tertiary/aromatic N) is 3. The molecule has 4 rings (SSSR count). The van der Waals surface area contributed by atoms with Crippen molar-refractivity contribution in [2.24, 2.45) is 0 Å². The fraction of sp³-hybridized carbons (Fsp3) is 0.208. The van der Waals surface area contributed by atoms with Gasteiger partial charge in [0.2, 0.25) is 5.91 Å². The topological polar surface area (TPSA) is 68.9 Å². The van der Waals surface area contributed by atoms with Gasteiger partial charge in [-0.25, -0.2) is 9.07 Å². The number of aryl methyl sites for hydroxylation is 3. The molecule has 0 bridgehead atoms. The van der Waals surface area contributed by atoms with Gasteiger partial charge in [0.1, 0.15) is 12.4 Å². The zero-order valence-electron chi connectivity index (χ0n) is 17.9. The first-order chi connectivity index (χ1) is 15.2. The van der Waals surface area contributed by atoms with Crippen molar-refractivity contribution in [3.8, 4) is 0 Å². The summed E-state index contributed by atoms with van der Waals surface area (Å²) in [6, 6.07) is 11.6. The maximum absolute atomic E-state index is 13.2. The van der Waals surface area contributed by atoms with Crippen LogP contribution in [0.25, 0.3) is 10.8 Å². The number of carbonyl (C=O) groups excluding carboxylic acids is 1. The number of halogens is 2. The molecule has 4 aromatic rings. The lowest BCUT2D eigenvalue weighted by molar-refractivity contribution is -0.117. The molecule has 0 saturated heterocycles. The molecule has 0 aliphatic rings. The molecule has 0 fully saturated rings. The fourth-order valence-electron chi connectivity index (χ4n) is 3.81. The number of rotatable bonds is 5. The molecule has 8 heteroatoms. The smallest absolute Gasteiger partial charge is 0.276 e. The molecule has 0 spiro atoms. The number of anilines is 1. The molecular formula is C24H22ClFN4O2.